The van der Waals surface area contributed by atoms with E-state index in [-0.39, 0.29) is 12.1 Å². The molecule has 1 unspecified atom stereocenters. The highest BCUT2D eigenvalue weighted by atomic mass is 16.5. The first-order valence-electron chi connectivity index (χ1n) is 12.2. The molecular weight excluding hydrogens is 436 g/mol. The average molecular weight is 469 g/mol. The van der Waals surface area contributed by atoms with Crippen LogP contribution < -0.4 is 0 Å². The van der Waals surface area contributed by atoms with Crippen LogP contribution in [0.2, 0.25) is 0 Å². The lowest BCUT2D eigenvalue weighted by Crippen LogP contribution is -2.49. The quantitative estimate of drug-likeness (QED) is 0.372. The topological polar surface area (TPSA) is 59.3 Å². The molecule has 0 N–H and O–H groups in total. The molecule has 0 radical (unpaired) electrons. The van der Waals surface area contributed by atoms with Gasteiger partial charge in [-0.2, -0.15) is 0 Å². The van der Waals surface area contributed by atoms with Gasteiger partial charge in [0, 0.05) is 33.3 Å². The SMILES string of the molecule is COCCn1nnnc1C(c1ccccc1)N1CCN(C(c2ccccc2)c2ccccc2)CC1. The third-order valence-corrected chi connectivity index (χ3v) is 6.74. The van der Waals surface area contributed by atoms with Gasteiger partial charge in [0.05, 0.1) is 25.2 Å². The van der Waals surface area contributed by atoms with Crippen molar-refractivity contribution in [1.82, 2.24) is 30.0 Å². The molecule has 0 aliphatic carbocycles. The second-order valence-electron chi connectivity index (χ2n) is 8.86. The van der Waals surface area contributed by atoms with Gasteiger partial charge in [0.15, 0.2) is 5.82 Å². The van der Waals surface area contributed by atoms with E-state index in [1.807, 2.05) is 4.68 Å². The van der Waals surface area contributed by atoms with E-state index in [9.17, 15) is 0 Å². The van der Waals surface area contributed by atoms with Gasteiger partial charge in [0.2, 0.25) is 0 Å². The summed E-state index contributed by atoms with van der Waals surface area (Å²) < 4.78 is 7.17. The average Bonchev–Trinajstić information content (AvgIpc) is 3.38. The number of tetrazole rings is 1. The summed E-state index contributed by atoms with van der Waals surface area (Å²) in [5, 5.41) is 12.7. The summed E-state index contributed by atoms with van der Waals surface area (Å²) in [6.07, 6.45) is 0. The minimum absolute atomic E-state index is 0.00268. The fraction of sp³-hybridized carbons (Fsp3) is 0.321. The normalized spacial score (nSPS) is 15.9. The van der Waals surface area contributed by atoms with Crippen LogP contribution in [0, 0.1) is 0 Å². The molecule has 1 aliphatic heterocycles. The van der Waals surface area contributed by atoms with E-state index in [1.165, 1.54) is 16.7 Å². The van der Waals surface area contributed by atoms with Crippen LogP contribution in [0.5, 0.6) is 0 Å². The fourth-order valence-corrected chi connectivity index (χ4v) is 5.04. The number of aromatic nitrogens is 4. The number of hydrogen-bond acceptors (Lipinski definition) is 6. The molecule has 1 aliphatic rings. The van der Waals surface area contributed by atoms with Crippen molar-refractivity contribution in [1.29, 1.82) is 0 Å². The zero-order valence-electron chi connectivity index (χ0n) is 20.1. The van der Waals surface area contributed by atoms with Crippen molar-refractivity contribution >= 4 is 0 Å². The lowest BCUT2D eigenvalue weighted by atomic mass is 9.96. The van der Waals surface area contributed by atoms with Crippen LogP contribution in [0.25, 0.3) is 0 Å². The Morgan fingerprint density at radius 3 is 1.63 bits per heavy atom. The van der Waals surface area contributed by atoms with Gasteiger partial charge in [0.1, 0.15) is 0 Å². The smallest absolute Gasteiger partial charge is 0.173 e. The van der Waals surface area contributed by atoms with Gasteiger partial charge in [-0.25, -0.2) is 4.68 Å². The second kappa shape index (κ2) is 11.4. The molecule has 0 saturated carbocycles. The Balaban J connectivity index is 1.40. The summed E-state index contributed by atoms with van der Waals surface area (Å²) in [6.45, 7) is 4.96. The summed E-state index contributed by atoms with van der Waals surface area (Å²) in [4.78, 5) is 5.10. The molecule has 1 fully saturated rings. The van der Waals surface area contributed by atoms with Crippen molar-refractivity contribution in [2.24, 2.45) is 0 Å². The number of rotatable bonds is 9. The minimum atomic E-state index is -0.00268. The summed E-state index contributed by atoms with van der Waals surface area (Å²) in [6, 6.07) is 32.4. The Kier molecular flexibility index (Phi) is 7.58. The first-order valence-corrected chi connectivity index (χ1v) is 12.2. The number of benzene rings is 3. The lowest BCUT2D eigenvalue weighted by molar-refractivity contribution is 0.0851. The van der Waals surface area contributed by atoms with Crippen LogP contribution in [-0.4, -0.2) is 69.9 Å². The van der Waals surface area contributed by atoms with E-state index in [0.29, 0.717) is 13.2 Å². The molecule has 1 atom stereocenters. The first-order chi connectivity index (χ1) is 17.3. The third-order valence-electron chi connectivity index (χ3n) is 6.74. The Morgan fingerprint density at radius 2 is 1.14 bits per heavy atom. The van der Waals surface area contributed by atoms with E-state index < -0.39 is 0 Å². The Labute approximate surface area is 206 Å². The summed E-state index contributed by atoms with van der Waals surface area (Å²) >= 11 is 0. The van der Waals surface area contributed by atoms with Gasteiger partial charge in [0.25, 0.3) is 0 Å². The zero-order valence-corrected chi connectivity index (χ0v) is 20.1. The molecule has 0 spiro atoms. The number of methoxy groups -OCH3 is 1. The largest absolute Gasteiger partial charge is 0.383 e. The molecule has 35 heavy (non-hydrogen) atoms. The minimum Gasteiger partial charge on any atom is -0.383 e. The predicted molar refractivity (Wildman–Crippen MR) is 136 cm³/mol. The van der Waals surface area contributed by atoms with Gasteiger partial charge in [-0.3, -0.25) is 9.80 Å². The molecule has 3 aromatic carbocycles. The van der Waals surface area contributed by atoms with Crippen LogP contribution in [0.3, 0.4) is 0 Å². The van der Waals surface area contributed by atoms with Gasteiger partial charge in [-0.15, -0.1) is 5.10 Å². The van der Waals surface area contributed by atoms with Gasteiger partial charge in [-0.1, -0.05) is 91.0 Å². The highest BCUT2D eigenvalue weighted by molar-refractivity contribution is 5.32. The number of nitrogens with zero attached hydrogens (tertiary/aromatic N) is 6. The second-order valence-corrected chi connectivity index (χ2v) is 8.86. The standard InChI is InChI=1S/C28H32N6O/c1-35-22-21-34-28(29-30-31-34)27(25-15-9-4-10-16-25)33-19-17-32(18-20-33)26(23-11-5-2-6-12-23)24-13-7-3-8-14-24/h2-16,26-27H,17-22H2,1H3. The van der Waals surface area contributed by atoms with Crippen molar-refractivity contribution in [2.75, 3.05) is 39.9 Å². The van der Waals surface area contributed by atoms with Crippen molar-refractivity contribution in [3.05, 3.63) is 114 Å². The Morgan fingerprint density at radius 1 is 0.686 bits per heavy atom. The molecule has 1 saturated heterocycles. The van der Waals surface area contributed by atoms with Crippen molar-refractivity contribution in [3.63, 3.8) is 0 Å². The predicted octanol–water partition coefficient (Wildman–Crippen LogP) is 3.82. The number of piperazine rings is 1. The summed E-state index contributed by atoms with van der Waals surface area (Å²) in [7, 11) is 1.70. The molecule has 7 heteroatoms. The molecule has 0 bridgehead atoms. The van der Waals surface area contributed by atoms with Crippen molar-refractivity contribution < 1.29 is 4.74 Å². The lowest BCUT2D eigenvalue weighted by Gasteiger charge is -2.42. The molecule has 2 heterocycles. The van der Waals surface area contributed by atoms with Crippen LogP contribution >= 0.6 is 0 Å². The molecule has 180 valence electrons. The maximum absolute atomic E-state index is 5.29. The highest BCUT2D eigenvalue weighted by Crippen LogP contribution is 2.33. The number of ether oxygens (including phenoxy) is 1. The van der Waals surface area contributed by atoms with Gasteiger partial charge in [-0.05, 0) is 27.1 Å². The zero-order chi connectivity index (χ0) is 23.9. The molecule has 4 aromatic rings. The Hall–Kier alpha value is -3.39. The molecule has 1 aromatic heterocycles. The molecular formula is C28H32N6O. The van der Waals surface area contributed by atoms with E-state index in [4.69, 9.17) is 4.74 Å². The van der Waals surface area contributed by atoms with Crippen molar-refractivity contribution in [3.8, 4) is 0 Å². The van der Waals surface area contributed by atoms with Crippen LogP contribution in [0.15, 0.2) is 91.0 Å². The number of hydrogen-bond donors (Lipinski definition) is 0. The third kappa shape index (κ3) is 5.32. The maximum Gasteiger partial charge on any atom is 0.173 e. The molecule has 0 amide bonds. The summed E-state index contributed by atoms with van der Waals surface area (Å²) in [5.74, 6) is 0.865. The van der Waals surface area contributed by atoms with Crippen LogP contribution in [0.4, 0.5) is 0 Å². The van der Waals surface area contributed by atoms with E-state index >= 15 is 0 Å². The van der Waals surface area contributed by atoms with E-state index in [2.05, 4.69) is 116 Å². The highest BCUT2D eigenvalue weighted by Gasteiger charge is 2.33. The van der Waals surface area contributed by atoms with Gasteiger partial charge >= 0.3 is 0 Å². The van der Waals surface area contributed by atoms with Crippen LogP contribution in [-0.2, 0) is 11.3 Å². The fourth-order valence-electron chi connectivity index (χ4n) is 5.04. The van der Waals surface area contributed by atoms with Gasteiger partial charge < -0.3 is 4.74 Å². The van der Waals surface area contributed by atoms with E-state index in [1.54, 1.807) is 7.11 Å². The Bertz CT molecular complexity index is 1120. The van der Waals surface area contributed by atoms with Crippen LogP contribution in [0.1, 0.15) is 34.6 Å². The molecule has 5 rings (SSSR count). The maximum atomic E-state index is 5.29. The molecule has 7 nitrogen and oxygen atoms in total. The summed E-state index contributed by atoms with van der Waals surface area (Å²) in [5.41, 5.74) is 3.86. The monoisotopic (exact) mass is 468 g/mol. The van der Waals surface area contributed by atoms with E-state index in [0.717, 1.165) is 32.0 Å². The van der Waals surface area contributed by atoms with Crippen molar-refractivity contribution in [2.45, 2.75) is 18.6 Å². The first kappa shape index (κ1) is 23.4.